The first-order chi connectivity index (χ1) is 9.97. The van der Waals surface area contributed by atoms with E-state index in [9.17, 15) is 9.59 Å². The normalized spacial score (nSPS) is 15.9. The number of nitrogens with zero attached hydrogens (tertiary/aromatic N) is 4. The molecule has 0 radical (unpaired) electrons. The number of halogens is 1. The third-order valence-corrected chi connectivity index (χ3v) is 3.89. The molecule has 0 aliphatic carbocycles. The second-order valence-electron chi connectivity index (χ2n) is 5.20. The molecule has 0 N–H and O–H groups in total. The van der Waals surface area contributed by atoms with Crippen LogP contribution in [0.3, 0.4) is 0 Å². The molecule has 2 amide bonds. The zero-order valence-electron chi connectivity index (χ0n) is 12.3. The Morgan fingerprint density at radius 2 is 1.90 bits per heavy atom. The van der Waals surface area contributed by atoms with Gasteiger partial charge in [0, 0.05) is 40.3 Å². The number of likely N-dealkylation sites (N-methyl/N-ethyl adjacent to an activating group) is 1. The summed E-state index contributed by atoms with van der Waals surface area (Å²) in [5, 5.41) is 0. The van der Waals surface area contributed by atoms with Gasteiger partial charge in [-0.2, -0.15) is 0 Å². The van der Waals surface area contributed by atoms with E-state index < -0.39 is 0 Å². The quantitative estimate of drug-likeness (QED) is 0.749. The number of amides is 2. The van der Waals surface area contributed by atoms with Gasteiger partial charge in [-0.3, -0.25) is 14.5 Å². The molecule has 0 unspecified atom stereocenters. The summed E-state index contributed by atoms with van der Waals surface area (Å²) >= 11 is 3.27. The molecule has 1 aliphatic heterocycles. The Kier molecular flexibility index (Phi) is 5.30. The number of carbonyl (C=O) groups excluding carboxylic acids is 2. The number of aromatic nitrogens is 1. The predicted molar refractivity (Wildman–Crippen MR) is 83.0 cm³/mol. The highest BCUT2D eigenvalue weighted by molar-refractivity contribution is 9.10. The maximum absolute atomic E-state index is 12.3. The van der Waals surface area contributed by atoms with Crippen LogP contribution in [0.2, 0.25) is 0 Å². The van der Waals surface area contributed by atoms with Crippen LogP contribution in [-0.2, 0) is 4.79 Å². The summed E-state index contributed by atoms with van der Waals surface area (Å²) < 4.78 is 0.656. The number of carbonyl (C=O) groups is 2. The van der Waals surface area contributed by atoms with Crippen LogP contribution in [0.4, 0.5) is 0 Å². The first-order valence-electron chi connectivity index (χ1n) is 6.81. The average molecular weight is 355 g/mol. The third-order valence-electron chi connectivity index (χ3n) is 3.45. The summed E-state index contributed by atoms with van der Waals surface area (Å²) in [7, 11) is 3.50. The fraction of sp³-hybridized carbons (Fsp3) is 0.500. The second kappa shape index (κ2) is 7.00. The fourth-order valence-corrected chi connectivity index (χ4v) is 2.47. The molecule has 2 rings (SSSR count). The van der Waals surface area contributed by atoms with Crippen molar-refractivity contribution in [2.24, 2.45) is 0 Å². The van der Waals surface area contributed by atoms with Crippen LogP contribution in [0.25, 0.3) is 0 Å². The minimum absolute atomic E-state index is 0.0603. The molecule has 0 spiro atoms. The molecule has 1 saturated heterocycles. The van der Waals surface area contributed by atoms with Crippen molar-refractivity contribution in [2.45, 2.75) is 0 Å². The minimum atomic E-state index is -0.0603. The van der Waals surface area contributed by atoms with E-state index in [4.69, 9.17) is 0 Å². The van der Waals surface area contributed by atoms with Gasteiger partial charge in [0.15, 0.2) is 0 Å². The van der Waals surface area contributed by atoms with Crippen LogP contribution in [0.5, 0.6) is 0 Å². The molecule has 1 aliphatic rings. The summed E-state index contributed by atoms with van der Waals surface area (Å²) in [4.78, 5) is 33.6. The molecule has 1 fully saturated rings. The van der Waals surface area contributed by atoms with Gasteiger partial charge in [0.1, 0.15) is 10.3 Å². The van der Waals surface area contributed by atoms with Gasteiger partial charge in [0.25, 0.3) is 5.91 Å². The van der Waals surface area contributed by atoms with Crippen molar-refractivity contribution in [3.05, 3.63) is 28.5 Å². The molecule has 7 heteroatoms. The Morgan fingerprint density at radius 1 is 1.24 bits per heavy atom. The van der Waals surface area contributed by atoms with Gasteiger partial charge in [0.05, 0.1) is 6.54 Å². The lowest BCUT2D eigenvalue weighted by Gasteiger charge is -2.34. The van der Waals surface area contributed by atoms with Gasteiger partial charge >= 0.3 is 0 Å². The van der Waals surface area contributed by atoms with E-state index >= 15 is 0 Å². The minimum Gasteiger partial charge on any atom is -0.348 e. The number of piperazine rings is 1. The van der Waals surface area contributed by atoms with Crippen molar-refractivity contribution >= 4 is 27.7 Å². The highest BCUT2D eigenvalue weighted by Crippen LogP contribution is 2.10. The molecular formula is C14H19BrN4O2. The first kappa shape index (κ1) is 15.9. The molecule has 114 valence electrons. The summed E-state index contributed by atoms with van der Waals surface area (Å²) in [5.74, 6) is 0.0262. The third kappa shape index (κ3) is 4.25. The Bertz CT molecular complexity index is 527. The molecule has 0 bridgehead atoms. The zero-order valence-corrected chi connectivity index (χ0v) is 13.8. The van der Waals surface area contributed by atoms with Gasteiger partial charge in [-0.25, -0.2) is 4.98 Å². The SMILES string of the molecule is CN(C)C(=O)CN1CCN(C(=O)c2cccc(Br)n2)CC1. The summed E-state index contributed by atoms with van der Waals surface area (Å²) in [6, 6.07) is 5.31. The van der Waals surface area contributed by atoms with Crippen molar-refractivity contribution in [1.82, 2.24) is 19.7 Å². The lowest BCUT2D eigenvalue weighted by Crippen LogP contribution is -2.51. The first-order valence-corrected chi connectivity index (χ1v) is 7.61. The van der Waals surface area contributed by atoms with E-state index in [-0.39, 0.29) is 11.8 Å². The molecule has 2 heterocycles. The molecule has 21 heavy (non-hydrogen) atoms. The maximum atomic E-state index is 12.3. The van der Waals surface area contributed by atoms with E-state index in [1.165, 1.54) is 0 Å². The predicted octanol–water partition coefficient (Wildman–Crippen LogP) is 0.690. The smallest absolute Gasteiger partial charge is 0.272 e. The average Bonchev–Trinajstić information content (AvgIpc) is 2.47. The van der Waals surface area contributed by atoms with Crippen molar-refractivity contribution in [3.63, 3.8) is 0 Å². The standard InChI is InChI=1S/C14H19BrN4O2/c1-17(2)13(20)10-18-6-8-19(9-7-18)14(21)11-4-3-5-12(15)16-11/h3-5H,6-10H2,1-2H3. The molecule has 0 atom stereocenters. The second-order valence-corrected chi connectivity index (χ2v) is 6.01. The van der Waals surface area contributed by atoms with Crippen LogP contribution < -0.4 is 0 Å². The van der Waals surface area contributed by atoms with Crippen molar-refractivity contribution in [1.29, 1.82) is 0 Å². The number of hydrogen-bond acceptors (Lipinski definition) is 4. The summed E-state index contributed by atoms with van der Waals surface area (Å²) in [5.41, 5.74) is 0.446. The van der Waals surface area contributed by atoms with E-state index in [0.29, 0.717) is 43.0 Å². The molecule has 0 aromatic carbocycles. The Balaban J connectivity index is 1.89. The van der Waals surface area contributed by atoms with E-state index in [2.05, 4.69) is 25.8 Å². The highest BCUT2D eigenvalue weighted by Gasteiger charge is 2.24. The largest absolute Gasteiger partial charge is 0.348 e. The Morgan fingerprint density at radius 3 is 2.48 bits per heavy atom. The number of pyridine rings is 1. The van der Waals surface area contributed by atoms with Gasteiger partial charge in [0.2, 0.25) is 5.91 Å². The fourth-order valence-electron chi connectivity index (χ4n) is 2.13. The molecule has 1 aromatic heterocycles. The topological polar surface area (TPSA) is 56.8 Å². The highest BCUT2D eigenvalue weighted by atomic mass is 79.9. The van der Waals surface area contributed by atoms with Gasteiger partial charge in [-0.1, -0.05) is 6.07 Å². The molecular weight excluding hydrogens is 336 g/mol. The number of rotatable bonds is 3. The van der Waals surface area contributed by atoms with E-state index in [1.54, 1.807) is 42.1 Å². The molecule has 0 saturated carbocycles. The van der Waals surface area contributed by atoms with Crippen LogP contribution in [0, 0.1) is 0 Å². The monoisotopic (exact) mass is 354 g/mol. The van der Waals surface area contributed by atoms with Gasteiger partial charge in [-0.15, -0.1) is 0 Å². The number of hydrogen-bond donors (Lipinski definition) is 0. The van der Waals surface area contributed by atoms with Crippen molar-refractivity contribution in [3.8, 4) is 0 Å². The Labute approximate surface area is 132 Å². The Hall–Kier alpha value is -1.47. The lowest BCUT2D eigenvalue weighted by atomic mass is 10.2. The van der Waals surface area contributed by atoms with Crippen molar-refractivity contribution < 1.29 is 9.59 Å². The summed E-state index contributed by atoms with van der Waals surface area (Å²) in [6.45, 7) is 3.06. The molecule has 6 nitrogen and oxygen atoms in total. The maximum Gasteiger partial charge on any atom is 0.272 e. The van der Waals surface area contributed by atoms with Gasteiger partial charge < -0.3 is 9.80 Å². The molecule has 1 aromatic rings. The van der Waals surface area contributed by atoms with E-state index in [0.717, 1.165) is 0 Å². The zero-order chi connectivity index (χ0) is 15.4. The van der Waals surface area contributed by atoms with Crippen LogP contribution in [-0.4, -0.2) is 78.3 Å². The lowest BCUT2D eigenvalue weighted by molar-refractivity contribution is -0.130. The van der Waals surface area contributed by atoms with E-state index in [1.807, 2.05) is 0 Å². The van der Waals surface area contributed by atoms with Crippen LogP contribution >= 0.6 is 15.9 Å². The van der Waals surface area contributed by atoms with Crippen LogP contribution in [0.1, 0.15) is 10.5 Å². The van der Waals surface area contributed by atoms with Crippen LogP contribution in [0.15, 0.2) is 22.8 Å². The van der Waals surface area contributed by atoms with Crippen molar-refractivity contribution in [2.75, 3.05) is 46.8 Å². The van der Waals surface area contributed by atoms with Gasteiger partial charge in [-0.05, 0) is 28.1 Å². The summed E-state index contributed by atoms with van der Waals surface area (Å²) in [6.07, 6.45) is 0.